The van der Waals surface area contributed by atoms with Gasteiger partial charge in [0, 0.05) is 36.3 Å². The van der Waals surface area contributed by atoms with Crippen molar-refractivity contribution in [3.05, 3.63) is 30.0 Å². The number of fused-ring (bicyclic) bond motifs is 1. The number of pyridine rings is 1. The first kappa shape index (κ1) is 17.4. The molecule has 0 unspecified atom stereocenters. The number of nitrogen functional groups attached to an aromatic ring is 1. The first-order valence-corrected chi connectivity index (χ1v) is 10.3. The number of thioether (sulfide) groups is 1. The van der Waals surface area contributed by atoms with Gasteiger partial charge in [-0.3, -0.25) is 0 Å². The van der Waals surface area contributed by atoms with Crippen molar-refractivity contribution in [3.63, 3.8) is 0 Å². The molecule has 24 heavy (non-hydrogen) atoms. The largest absolute Gasteiger partial charge is 0.384 e. The molecular formula is C20H29N3S. The van der Waals surface area contributed by atoms with Crippen LogP contribution in [-0.2, 0) is 0 Å². The number of unbranched alkanes of at least 4 members (excludes halogenated alkanes) is 1. The maximum atomic E-state index is 5.94. The smallest absolute Gasteiger partial charge is 0.123 e. The second-order valence-corrected chi connectivity index (χ2v) is 8.33. The zero-order valence-corrected chi connectivity index (χ0v) is 15.9. The lowest BCUT2D eigenvalue weighted by Crippen LogP contribution is -2.48. The summed E-state index contributed by atoms with van der Waals surface area (Å²) in [6.45, 7) is 9.06. The number of nitrogens with two attached hydrogens (primary N) is 1. The molecule has 0 saturated carbocycles. The van der Waals surface area contributed by atoms with Crippen LogP contribution in [0.25, 0.3) is 10.8 Å². The summed E-state index contributed by atoms with van der Waals surface area (Å²) >= 11 is 2.12. The van der Waals surface area contributed by atoms with Crippen LogP contribution in [0.1, 0.15) is 45.1 Å². The average Bonchev–Trinajstić information content (AvgIpc) is 2.52. The Balaban J connectivity index is 1.74. The molecule has 0 radical (unpaired) electrons. The van der Waals surface area contributed by atoms with Gasteiger partial charge in [-0.1, -0.05) is 33.3 Å². The molecule has 1 fully saturated rings. The van der Waals surface area contributed by atoms with Gasteiger partial charge in [0.05, 0.1) is 0 Å². The standard InChI is InChI=1S/C20H29N3S/c1-4-5-8-24-13-15-11-23(12-15)19-7-6-16(14(2)3)17-9-20(21)22-10-18(17)19/h6-7,9-10,14-15H,4-5,8,11-13H2,1-3H3,(H2,21,22). The Morgan fingerprint density at radius 1 is 1.29 bits per heavy atom. The van der Waals surface area contributed by atoms with Gasteiger partial charge in [0.1, 0.15) is 5.82 Å². The van der Waals surface area contributed by atoms with E-state index in [-0.39, 0.29) is 0 Å². The summed E-state index contributed by atoms with van der Waals surface area (Å²) in [6.07, 6.45) is 4.60. The normalized spacial score (nSPS) is 15.2. The van der Waals surface area contributed by atoms with Crippen molar-refractivity contribution in [2.75, 3.05) is 35.2 Å². The van der Waals surface area contributed by atoms with Crippen molar-refractivity contribution in [2.24, 2.45) is 5.92 Å². The molecule has 3 rings (SSSR count). The van der Waals surface area contributed by atoms with Gasteiger partial charge in [-0.15, -0.1) is 0 Å². The topological polar surface area (TPSA) is 42.1 Å². The molecular weight excluding hydrogens is 314 g/mol. The van der Waals surface area contributed by atoms with Gasteiger partial charge < -0.3 is 10.6 Å². The molecule has 4 heteroatoms. The van der Waals surface area contributed by atoms with Gasteiger partial charge >= 0.3 is 0 Å². The average molecular weight is 344 g/mol. The van der Waals surface area contributed by atoms with E-state index in [0.29, 0.717) is 11.7 Å². The van der Waals surface area contributed by atoms with Crippen molar-refractivity contribution < 1.29 is 0 Å². The van der Waals surface area contributed by atoms with E-state index in [1.807, 2.05) is 12.3 Å². The summed E-state index contributed by atoms with van der Waals surface area (Å²) in [6, 6.07) is 6.58. The van der Waals surface area contributed by atoms with E-state index < -0.39 is 0 Å². The van der Waals surface area contributed by atoms with Gasteiger partial charge in [-0.2, -0.15) is 11.8 Å². The monoisotopic (exact) mass is 343 g/mol. The highest BCUT2D eigenvalue weighted by Crippen LogP contribution is 2.36. The highest BCUT2D eigenvalue weighted by atomic mass is 32.2. The van der Waals surface area contributed by atoms with Gasteiger partial charge in [-0.05, 0) is 46.9 Å². The molecule has 2 N–H and O–H groups in total. The maximum Gasteiger partial charge on any atom is 0.123 e. The number of hydrogen-bond donors (Lipinski definition) is 1. The zero-order chi connectivity index (χ0) is 17.1. The van der Waals surface area contributed by atoms with E-state index >= 15 is 0 Å². The van der Waals surface area contributed by atoms with E-state index in [9.17, 15) is 0 Å². The molecule has 0 amide bonds. The Labute approximate surface area is 150 Å². The number of nitrogens with zero attached hydrogens (tertiary/aromatic N) is 2. The van der Waals surface area contributed by atoms with E-state index in [0.717, 1.165) is 5.92 Å². The van der Waals surface area contributed by atoms with Gasteiger partial charge in [0.2, 0.25) is 0 Å². The van der Waals surface area contributed by atoms with Crippen LogP contribution in [0.2, 0.25) is 0 Å². The molecule has 0 bridgehead atoms. The van der Waals surface area contributed by atoms with E-state index in [4.69, 9.17) is 5.73 Å². The molecule has 0 spiro atoms. The number of hydrogen-bond acceptors (Lipinski definition) is 4. The van der Waals surface area contributed by atoms with Crippen LogP contribution in [0.5, 0.6) is 0 Å². The van der Waals surface area contributed by atoms with Crippen molar-refractivity contribution in [3.8, 4) is 0 Å². The van der Waals surface area contributed by atoms with E-state index in [1.165, 1.54) is 59.5 Å². The third kappa shape index (κ3) is 3.64. The van der Waals surface area contributed by atoms with E-state index in [1.54, 1.807) is 0 Å². The molecule has 1 aromatic carbocycles. The number of rotatable bonds is 7. The minimum Gasteiger partial charge on any atom is -0.384 e. The molecule has 1 aliphatic heterocycles. The molecule has 2 aromatic rings. The minimum atomic E-state index is 0.488. The van der Waals surface area contributed by atoms with Crippen LogP contribution in [0.15, 0.2) is 24.4 Å². The minimum absolute atomic E-state index is 0.488. The predicted molar refractivity (Wildman–Crippen MR) is 108 cm³/mol. The van der Waals surface area contributed by atoms with Crippen LogP contribution in [0, 0.1) is 5.92 Å². The van der Waals surface area contributed by atoms with Crippen LogP contribution >= 0.6 is 11.8 Å². The van der Waals surface area contributed by atoms with Crippen LogP contribution < -0.4 is 10.6 Å². The van der Waals surface area contributed by atoms with Crippen molar-refractivity contribution in [1.29, 1.82) is 0 Å². The molecule has 1 aliphatic rings. The summed E-state index contributed by atoms with van der Waals surface area (Å²) in [4.78, 5) is 6.84. The maximum absolute atomic E-state index is 5.94. The van der Waals surface area contributed by atoms with Crippen molar-refractivity contribution in [1.82, 2.24) is 4.98 Å². The highest BCUT2D eigenvalue weighted by molar-refractivity contribution is 7.99. The van der Waals surface area contributed by atoms with Crippen LogP contribution in [0.4, 0.5) is 11.5 Å². The first-order valence-electron chi connectivity index (χ1n) is 9.11. The fraction of sp³-hybridized carbons (Fsp3) is 0.550. The molecule has 2 heterocycles. The lowest BCUT2D eigenvalue weighted by Gasteiger charge is -2.41. The lowest BCUT2D eigenvalue weighted by molar-refractivity contribution is 0.456. The highest BCUT2D eigenvalue weighted by Gasteiger charge is 2.28. The Hall–Kier alpha value is -1.42. The van der Waals surface area contributed by atoms with Crippen LogP contribution in [0.3, 0.4) is 0 Å². The van der Waals surface area contributed by atoms with Gasteiger partial charge in [-0.25, -0.2) is 4.98 Å². The van der Waals surface area contributed by atoms with Crippen molar-refractivity contribution in [2.45, 2.75) is 39.5 Å². The Morgan fingerprint density at radius 2 is 2.08 bits per heavy atom. The summed E-state index contributed by atoms with van der Waals surface area (Å²) < 4.78 is 0. The summed E-state index contributed by atoms with van der Waals surface area (Å²) in [5, 5.41) is 2.50. The fourth-order valence-corrected chi connectivity index (χ4v) is 4.61. The first-order chi connectivity index (χ1) is 11.6. The van der Waals surface area contributed by atoms with Crippen LogP contribution in [-0.4, -0.2) is 29.6 Å². The summed E-state index contributed by atoms with van der Waals surface area (Å²) in [5.74, 6) is 4.53. The lowest BCUT2D eigenvalue weighted by atomic mass is 9.93. The second kappa shape index (κ2) is 7.64. The predicted octanol–water partition coefficient (Wildman–Crippen LogP) is 4.91. The number of benzene rings is 1. The third-order valence-corrected chi connectivity index (χ3v) is 6.13. The van der Waals surface area contributed by atoms with E-state index in [2.05, 4.69) is 54.5 Å². The fourth-order valence-electron chi connectivity index (χ4n) is 3.41. The summed E-state index contributed by atoms with van der Waals surface area (Å²) in [7, 11) is 0. The third-order valence-electron chi connectivity index (χ3n) is 4.85. The van der Waals surface area contributed by atoms with Gasteiger partial charge in [0.25, 0.3) is 0 Å². The molecule has 1 aromatic heterocycles. The van der Waals surface area contributed by atoms with Gasteiger partial charge in [0.15, 0.2) is 0 Å². The number of aromatic nitrogens is 1. The quantitative estimate of drug-likeness (QED) is 0.725. The van der Waals surface area contributed by atoms with Crippen molar-refractivity contribution >= 4 is 34.0 Å². The SMILES string of the molecule is CCCCSCC1CN(c2ccc(C(C)C)c3cc(N)ncc23)C1. The molecule has 1 saturated heterocycles. The Morgan fingerprint density at radius 3 is 2.79 bits per heavy atom. The molecule has 130 valence electrons. The summed E-state index contributed by atoms with van der Waals surface area (Å²) in [5.41, 5.74) is 8.61. The second-order valence-electron chi connectivity index (χ2n) is 7.18. The number of anilines is 2. The molecule has 0 aliphatic carbocycles. The Kier molecular flexibility index (Phi) is 5.54. The zero-order valence-electron chi connectivity index (χ0n) is 15.1. The molecule has 0 atom stereocenters. The Bertz CT molecular complexity index is 693. The molecule has 3 nitrogen and oxygen atoms in total.